The van der Waals surface area contributed by atoms with Gasteiger partial charge in [0.25, 0.3) is 0 Å². The van der Waals surface area contributed by atoms with Gasteiger partial charge in [-0.15, -0.1) is 0 Å². The second-order valence-corrected chi connectivity index (χ2v) is 9.21. The van der Waals surface area contributed by atoms with Gasteiger partial charge in [-0.05, 0) is 42.5 Å². The summed E-state index contributed by atoms with van der Waals surface area (Å²) in [5, 5.41) is 12.6. The number of nitrogen functional groups attached to an aromatic ring is 1. The number of sulfone groups is 1. The van der Waals surface area contributed by atoms with Crippen LogP contribution in [0.4, 0.5) is 30.2 Å². The van der Waals surface area contributed by atoms with E-state index in [0.717, 1.165) is 12.1 Å². The second kappa shape index (κ2) is 8.15. The molecule has 3 rings (SSSR count). The van der Waals surface area contributed by atoms with E-state index in [1.54, 1.807) is 24.3 Å². The molecular formula is C19H20F3N3O4S. The van der Waals surface area contributed by atoms with Crippen molar-refractivity contribution in [2.75, 3.05) is 34.0 Å². The van der Waals surface area contributed by atoms with E-state index in [-0.39, 0.29) is 18.0 Å². The van der Waals surface area contributed by atoms with Crippen molar-refractivity contribution >= 4 is 32.8 Å². The first-order chi connectivity index (χ1) is 13.9. The van der Waals surface area contributed by atoms with Crippen LogP contribution in [0, 0.1) is 0 Å². The van der Waals surface area contributed by atoms with Gasteiger partial charge in [0.15, 0.2) is 9.84 Å². The summed E-state index contributed by atoms with van der Waals surface area (Å²) in [6.45, 7) is -0.378. The number of amides is 1. The minimum Gasteiger partial charge on any atom is -0.399 e. The summed E-state index contributed by atoms with van der Waals surface area (Å²) in [6, 6.07) is 9.56. The third-order valence-corrected chi connectivity index (χ3v) is 6.40. The highest BCUT2D eigenvalue weighted by atomic mass is 32.2. The first-order valence-corrected chi connectivity index (χ1v) is 10.7. The van der Waals surface area contributed by atoms with E-state index in [4.69, 9.17) is 5.73 Å². The number of nitrogens with zero attached hydrogens (tertiary/aromatic N) is 1. The molecular weight excluding hydrogens is 423 g/mol. The fourth-order valence-electron chi connectivity index (χ4n) is 3.30. The molecule has 2 unspecified atom stereocenters. The Balaban J connectivity index is 1.83. The maximum Gasteiger partial charge on any atom is 0.416 e. The summed E-state index contributed by atoms with van der Waals surface area (Å²) >= 11 is 0. The summed E-state index contributed by atoms with van der Waals surface area (Å²) < 4.78 is 62.5. The van der Waals surface area contributed by atoms with Gasteiger partial charge in [0.05, 0.1) is 35.8 Å². The number of hydrogen-bond acceptors (Lipinski definition) is 6. The first-order valence-electron chi connectivity index (χ1n) is 8.92. The van der Waals surface area contributed by atoms with E-state index in [9.17, 15) is 31.5 Å². The molecule has 0 saturated carbocycles. The van der Waals surface area contributed by atoms with E-state index in [1.165, 1.54) is 17.0 Å². The summed E-state index contributed by atoms with van der Waals surface area (Å²) in [5.41, 5.74) is 5.61. The minimum atomic E-state index is -4.56. The molecule has 2 aromatic carbocycles. The molecule has 1 amide bonds. The lowest BCUT2D eigenvalue weighted by atomic mass is 10.1. The van der Waals surface area contributed by atoms with Crippen molar-refractivity contribution < 1.29 is 31.5 Å². The number of carbonyl (C=O) groups excluding carboxylic acids is 1. The van der Waals surface area contributed by atoms with Gasteiger partial charge in [-0.3, -0.25) is 4.79 Å². The first kappa shape index (κ1) is 21.9. The van der Waals surface area contributed by atoms with Crippen molar-refractivity contribution in [1.82, 2.24) is 0 Å². The molecule has 1 saturated heterocycles. The van der Waals surface area contributed by atoms with Gasteiger partial charge in [-0.1, -0.05) is 6.07 Å². The number of halogens is 3. The Hall–Kier alpha value is -2.79. The average Bonchev–Trinajstić information content (AvgIpc) is 2.92. The van der Waals surface area contributed by atoms with E-state index < -0.39 is 45.4 Å². The number of hydrogen-bond donors (Lipinski definition) is 3. The van der Waals surface area contributed by atoms with Crippen molar-refractivity contribution in [3.63, 3.8) is 0 Å². The molecule has 11 heteroatoms. The lowest BCUT2D eigenvalue weighted by Gasteiger charge is -2.31. The van der Waals surface area contributed by atoms with Crippen molar-refractivity contribution in [2.45, 2.75) is 18.3 Å². The summed E-state index contributed by atoms with van der Waals surface area (Å²) in [4.78, 5) is 14.0. The van der Waals surface area contributed by atoms with Crippen LogP contribution in [0.1, 0.15) is 5.56 Å². The molecule has 0 spiro atoms. The molecule has 0 aliphatic carbocycles. The van der Waals surface area contributed by atoms with E-state index in [1.807, 2.05) is 0 Å². The third kappa shape index (κ3) is 5.22. The fraction of sp³-hybridized carbons (Fsp3) is 0.316. The highest BCUT2D eigenvalue weighted by Crippen LogP contribution is 2.31. The molecule has 30 heavy (non-hydrogen) atoms. The normalized spacial score (nSPS) is 20.7. The summed E-state index contributed by atoms with van der Waals surface area (Å²) in [5.74, 6) is -1.45. The number of anilines is 3. The molecule has 162 valence electrons. The number of benzene rings is 2. The Morgan fingerprint density at radius 1 is 1.17 bits per heavy atom. The molecule has 4 N–H and O–H groups in total. The fourth-order valence-corrected chi connectivity index (χ4v) is 5.10. The van der Waals surface area contributed by atoms with Crippen LogP contribution in [0.25, 0.3) is 0 Å². The van der Waals surface area contributed by atoms with Crippen LogP contribution in [0.2, 0.25) is 0 Å². The SMILES string of the molecule is Nc1ccc(N(CC(=O)Nc2cccc(C(F)(F)F)c2)C2CS(=O)(=O)CC2O)cc1. The number of rotatable bonds is 5. The average molecular weight is 443 g/mol. The number of aliphatic hydroxyl groups is 1. The van der Waals surface area contributed by atoms with Crippen molar-refractivity contribution in [3.05, 3.63) is 54.1 Å². The monoisotopic (exact) mass is 443 g/mol. The van der Waals surface area contributed by atoms with E-state index >= 15 is 0 Å². The lowest BCUT2D eigenvalue weighted by molar-refractivity contribution is -0.137. The molecule has 0 radical (unpaired) electrons. The Morgan fingerprint density at radius 2 is 1.83 bits per heavy atom. The molecule has 1 fully saturated rings. The second-order valence-electron chi connectivity index (χ2n) is 7.06. The molecule has 2 aromatic rings. The lowest BCUT2D eigenvalue weighted by Crippen LogP contribution is -2.47. The maximum atomic E-state index is 12.9. The number of nitrogens with one attached hydrogen (secondary N) is 1. The summed E-state index contributed by atoms with van der Waals surface area (Å²) in [6.07, 6.45) is -5.77. The van der Waals surface area contributed by atoms with E-state index in [0.29, 0.717) is 11.4 Å². The van der Waals surface area contributed by atoms with Crippen LogP contribution in [0.15, 0.2) is 48.5 Å². The van der Waals surface area contributed by atoms with Gasteiger partial charge in [0.2, 0.25) is 5.91 Å². The minimum absolute atomic E-state index is 0.0494. The van der Waals surface area contributed by atoms with Gasteiger partial charge in [-0.2, -0.15) is 13.2 Å². The van der Waals surface area contributed by atoms with Crippen molar-refractivity contribution in [2.24, 2.45) is 0 Å². The van der Waals surface area contributed by atoms with Gasteiger partial charge in [0.1, 0.15) is 0 Å². The molecule has 2 atom stereocenters. The van der Waals surface area contributed by atoms with Crippen LogP contribution in [0.5, 0.6) is 0 Å². The highest BCUT2D eigenvalue weighted by molar-refractivity contribution is 7.91. The smallest absolute Gasteiger partial charge is 0.399 e. The zero-order valence-corrected chi connectivity index (χ0v) is 16.4. The molecule has 1 heterocycles. The topological polar surface area (TPSA) is 113 Å². The van der Waals surface area contributed by atoms with Crippen LogP contribution in [-0.4, -0.2) is 49.6 Å². The zero-order valence-electron chi connectivity index (χ0n) is 15.6. The largest absolute Gasteiger partial charge is 0.416 e. The van der Waals surface area contributed by atoms with Crippen LogP contribution < -0.4 is 16.0 Å². The Morgan fingerprint density at radius 3 is 2.40 bits per heavy atom. The van der Waals surface area contributed by atoms with Crippen LogP contribution >= 0.6 is 0 Å². The van der Waals surface area contributed by atoms with Gasteiger partial charge in [-0.25, -0.2) is 8.42 Å². The molecule has 1 aliphatic heterocycles. The van der Waals surface area contributed by atoms with Crippen molar-refractivity contribution in [3.8, 4) is 0 Å². The predicted molar refractivity (Wildman–Crippen MR) is 107 cm³/mol. The maximum absolute atomic E-state index is 12.9. The number of nitrogens with two attached hydrogens (primary N) is 1. The molecule has 0 aromatic heterocycles. The number of aliphatic hydroxyl groups excluding tert-OH is 1. The Bertz CT molecular complexity index is 1030. The molecule has 1 aliphatic rings. The van der Waals surface area contributed by atoms with Gasteiger partial charge in [0, 0.05) is 17.1 Å². The number of alkyl halides is 3. The van der Waals surface area contributed by atoms with Gasteiger partial charge >= 0.3 is 6.18 Å². The molecule has 7 nitrogen and oxygen atoms in total. The number of carbonyl (C=O) groups is 1. The zero-order chi connectivity index (χ0) is 22.1. The van der Waals surface area contributed by atoms with Crippen LogP contribution in [0.3, 0.4) is 0 Å². The third-order valence-electron chi connectivity index (χ3n) is 4.71. The van der Waals surface area contributed by atoms with Crippen LogP contribution in [-0.2, 0) is 20.8 Å². The highest BCUT2D eigenvalue weighted by Gasteiger charge is 2.40. The predicted octanol–water partition coefficient (Wildman–Crippen LogP) is 1.89. The summed E-state index contributed by atoms with van der Waals surface area (Å²) in [7, 11) is -3.50. The quantitative estimate of drug-likeness (QED) is 0.609. The van der Waals surface area contributed by atoms with Gasteiger partial charge < -0.3 is 21.1 Å². The van der Waals surface area contributed by atoms with E-state index in [2.05, 4.69) is 5.32 Å². The van der Waals surface area contributed by atoms with Crippen molar-refractivity contribution in [1.29, 1.82) is 0 Å². The standard InChI is InChI=1S/C19H20F3N3O4S/c20-19(21,22)12-2-1-3-14(8-12)24-18(27)9-25(15-6-4-13(23)5-7-15)16-10-30(28,29)11-17(16)26/h1-8,16-17,26H,9-11,23H2,(H,24,27). The Kier molecular flexibility index (Phi) is 5.95. The molecule has 0 bridgehead atoms. The Labute approximate surface area is 171 Å².